The molecular weight excluding hydrogens is 369 g/mol. The molecule has 148 valence electrons. The molecule has 2 aromatic carbocycles. The monoisotopic (exact) mass is 390 g/mol. The van der Waals surface area contributed by atoms with Crippen molar-refractivity contribution in [2.45, 2.75) is 37.8 Å². The van der Waals surface area contributed by atoms with Gasteiger partial charge in [0, 0.05) is 17.8 Å². The van der Waals surface area contributed by atoms with Gasteiger partial charge in [-0.15, -0.1) is 0 Å². The average molecular weight is 390 g/mol. The van der Waals surface area contributed by atoms with Crippen molar-refractivity contribution in [3.05, 3.63) is 65.2 Å². The number of amides is 2. The van der Waals surface area contributed by atoms with Crippen LogP contribution in [0, 0.1) is 0 Å². The maximum atomic E-state index is 12.3. The molecule has 0 radical (unpaired) electrons. The minimum Gasteiger partial charge on any atom is -0.352 e. The number of carbonyl (C=O) groups is 2. The van der Waals surface area contributed by atoms with E-state index in [-0.39, 0.29) is 11.6 Å². The van der Waals surface area contributed by atoms with Gasteiger partial charge in [0.25, 0.3) is 5.91 Å². The van der Waals surface area contributed by atoms with E-state index in [2.05, 4.69) is 17.4 Å². The molecule has 2 N–H and O–H groups in total. The number of nitrogens with one attached hydrogen (secondary N) is 2. The Morgan fingerprint density at radius 3 is 2.46 bits per heavy atom. The van der Waals surface area contributed by atoms with Crippen LogP contribution in [-0.2, 0) is 11.2 Å². The molecule has 1 aliphatic rings. The van der Waals surface area contributed by atoms with E-state index in [0.29, 0.717) is 18.0 Å². The normalized spacial score (nSPS) is 16.2. The van der Waals surface area contributed by atoms with Gasteiger partial charge < -0.3 is 10.6 Å². The number of anilines is 1. The molecular formula is C21H21F3N2O2. The first-order valence-electron chi connectivity index (χ1n) is 9.19. The van der Waals surface area contributed by atoms with E-state index >= 15 is 0 Å². The van der Waals surface area contributed by atoms with Gasteiger partial charge in [0.05, 0.1) is 0 Å². The van der Waals surface area contributed by atoms with Gasteiger partial charge in [-0.25, -0.2) is 0 Å². The van der Waals surface area contributed by atoms with Crippen LogP contribution in [0.25, 0.3) is 0 Å². The van der Waals surface area contributed by atoms with E-state index in [1.807, 2.05) is 12.1 Å². The topological polar surface area (TPSA) is 58.2 Å². The molecule has 0 saturated carbocycles. The second-order valence-corrected chi connectivity index (χ2v) is 6.86. The average Bonchev–Trinajstić information content (AvgIpc) is 2.68. The van der Waals surface area contributed by atoms with Crippen LogP contribution in [0.3, 0.4) is 0 Å². The highest BCUT2D eigenvalue weighted by molar-refractivity contribution is 5.97. The lowest BCUT2D eigenvalue weighted by Crippen LogP contribution is -2.30. The number of carbonyl (C=O) groups excluding carboxylic acids is 2. The number of hydrogen-bond donors (Lipinski definition) is 2. The molecule has 7 heteroatoms. The summed E-state index contributed by atoms with van der Waals surface area (Å²) in [5, 5.41) is 4.60. The lowest BCUT2D eigenvalue weighted by Gasteiger charge is -2.25. The van der Waals surface area contributed by atoms with Crippen LogP contribution in [0.2, 0.25) is 0 Å². The minimum atomic E-state index is -4.95. The van der Waals surface area contributed by atoms with Gasteiger partial charge in [-0.2, -0.15) is 13.2 Å². The fourth-order valence-electron chi connectivity index (χ4n) is 3.52. The lowest BCUT2D eigenvalue weighted by molar-refractivity contribution is -0.167. The summed E-state index contributed by atoms with van der Waals surface area (Å²) in [5.41, 5.74) is 3.04. The fraction of sp³-hybridized carbons (Fsp3) is 0.333. The molecule has 2 aromatic rings. The van der Waals surface area contributed by atoms with Gasteiger partial charge in [0.2, 0.25) is 0 Å². The van der Waals surface area contributed by atoms with Crippen molar-refractivity contribution in [2.75, 3.05) is 11.9 Å². The van der Waals surface area contributed by atoms with Crippen LogP contribution in [0.1, 0.15) is 46.7 Å². The third-order valence-corrected chi connectivity index (χ3v) is 4.93. The molecule has 4 nitrogen and oxygen atoms in total. The van der Waals surface area contributed by atoms with E-state index in [1.165, 1.54) is 35.4 Å². The Hall–Kier alpha value is -2.83. The van der Waals surface area contributed by atoms with Crippen molar-refractivity contribution in [3.63, 3.8) is 0 Å². The maximum absolute atomic E-state index is 12.3. The Bertz CT molecular complexity index is 847. The zero-order chi connectivity index (χ0) is 20.1. The molecule has 3 rings (SSSR count). The molecule has 0 heterocycles. The molecule has 1 unspecified atom stereocenters. The third-order valence-electron chi connectivity index (χ3n) is 4.93. The van der Waals surface area contributed by atoms with E-state index in [0.717, 1.165) is 25.7 Å². The van der Waals surface area contributed by atoms with Crippen molar-refractivity contribution >= 4 is 17.5 Å². The van der Waals surface area contributed by atoms with Gasteiger partial charge in [-0.05, 0) is 67.0 Å². The predicted molar refractivity (Wildman–Crippen MR) is 100 cm³/mol. The highest BCUT2D eigenvalue weighted by atomic mass is 19.4. The van der Waals surface area contributed by atoms with Crippen LogP contribution in [0.15, 0.2) is 48.5 Å². The summed E-state index contributed by atoms with van der Waals surface area (Å²) >= 11 is 0. The quantitative estimate of drug-likeness (QED) is 0.794. The molecule has 0 spiro atoms. The smallest absolute Gasteiger partial charge is 0.352 e. The van der Waals surface area contributed by atoms with Crippen LogP contribution in [0.5, 0.6) is 0 Å². The highest BCUT2D eigenvalue weighted by Crippen LogP contribution is 2.33. The van der Waals surface area contributed by atoms with Gasteiger partial charge in [0.1, 0.15) is 0 Å². The SMILES string of the molecule is O=C(NCCC1CCCc2ccccc21)c1ccc(NC(=O)C(F)(F)F)cc1. The lowest BCUT2D eigenvalue weighted by atomic mass is 9.81. The first-order valence-corrected chi connectivity index (χ1v) is 9.19. The van der Waals surface area contributed by atoms with E-state index in [4.69, 9.17) is 0 Å². The fourth-order valence-corrected chi connectivity index (χ4v) is 3.52. The van der Waals surface area contributed by atoms with Crippen molar-refractivity contribution < 1.29 is 22.8 Å². The van der Waals surface area contributed by atoms with Crippen molar-refractivity contribution in [3.8, 4) is 0 Å². The molecule has 2 amide bonds. The van der Waals surface area contributed by atoms with Crippen LogP contribution in [-0.4, -0.2) is 24.5 Å². The summed E-state index contributed by atoms with van der Waals surface area (Å²) in [6.45, 7) is 0.518. The van der Waals surface area contributed by atoms with Gasteiger partial charge >= 0.3 is 12.1 Å². The summed E-state index contributed by atoms with van der Waals surface area (Å²) in [7, 11) is 0. The first-order chi connectivity index (χ1) is 13.3. The Morgan fingerprint density at radius 2 is 1.75 bits per heavy atom. The molecule has 0 aliphatic heterocycles. The summed E-state index contributed by atoms with van der Waals surface area (Å²) in [6, 6.07) is 13.7. The van der Waals surface area contributed by atoms with Crippen LogP contribution < -0.4 is 10.6 Å². The Labute approximate surface area is 161 Å². The predicted octanol–water partition coefficient (Wildman–Crippen LogP) is 4.43. The summed E-state index contributed by atoms with van der Waals surface area (Å²) < 4.78 is 36.8. The molecule has 1 aliphatic carbocycles. The van der Waals surface area contributed by atoms with Crippen molar-refractivity contribution in [1.82, 2.24) is 5.32 Å². The number of hydrogen-bond acceptors (Lipinski definition) is 2. The van der Waals surface area contributed by atoms with E-state index in [1.54, 1.807) is 5.32 Å². The Kier molecular flexibility index (Phi) is 6.02. The summed E-state index contributed by atoms with van der Waals surface area (Å²) in [6.07, 6.45) is -0.784. The van der Waals surface area contributed by atoms with Crippen LogP contribution in [0.4, 0.5) is 18.9 Å². The standard InChI is InChI=1S/C21H21F3N2O2/c22-21(23,24)20(28)26-17-10-8-16(9-11-17)19(27)25-13-12-15-6-3-5-14-4-1-2-7-18(14)15/h1-2,4,7-11,15H,3,5-6,12-13H2,(H,25,27)(H,26,28). The maximum Gasteiger partial charge on any atom is 0.471 e. The zero-order valence-corrected chi connectivity index (χ0v) is 15.2. The second-order valence-electron chi connectivity index (χ2n) is 6.86. The largest absolute Gasteiger partial charge is 0.471 e. The number of halogens is 3. The molecule has 28 heavy (non-hydrogen) atoms. The van der Waals surface area contributed by atoms with Crippen molar-refractivity contribution in [1.29, 1.82) is 0 Å². The molecule has 0 saturated heterocycles. The Morgan fingerprint density at radius 1 is 1.04 bits per heavy atom. The van der Waals surface area contributed by atoms with Gasteiger partial charge in [0.15, 0.2) is 0 Å². The summed E-state index contributed by atoms with van der Waals surface area (Å²) in [4.78, 5) is 23.2. The van der Waals surface area contributed by atoms with E-state index < -0.39 is 12.1 Å². The molecule has 0 aromatic heterocycles. The van der Waals surface area contributed by atoms with E-state index in [9.17, 15) is 22.8 Å². The molecule has 0 fully saturated rings. The Balaban J connectivity index is 1.51. The zero-order valence-electron chi connectivity index (χ0n) is 15.2. The van der Waals surface area contributed by atoms with Gasteiger partial charge in [-0.3, -0.25) is 9.59 Å². The number of aryl methyl sites for hydroxylation is 1. The van der Waals surface area contributed by atoms with Crippen LogP contribution >= 0.6 is 0 Å². The van der Waals surface area contributed by atoms with Crippen molar-refractivity contribution in [2.24, 2.45) is 0 Å². The summed E-state index contributed by atoms with van der Waals surface area (Å²) in [5.74, 6) is -1.92. The molecule has 1 atom stereocenters. The number of benzene rings is 2. The highest BCUT2D eigenvalue weighted by Gasteiger charge is 2.38. The third kappa shape index (κ3) is 4.91. The number of rotatable bonds is 5. The number of fused-ring (bicyclic) bond motifs is 1. The first kappa shape index (κ1) is 19.9. The minimum absolute atomic E-state index is 0.0160. The van der Waals surface area contributed by atoms with Gasteiger partial charge in [-0.1, -0.05) is 24.3 Å². The number of alkyl halides is 3. The second kappa shape index (κ2) is 8.46. The molecule has 0 bridgehead atoms.